The van der Waals surface area contributed by atoms with Gasteiger partial charge in [0.2, 0.25) is 0 Å². The standard InChI is InChI=1S/C34H30Cl2F3N3OS/c1-18-11-19(2)22(12-20(18)17-44-29-13-21(35)9-10-25(29)36)30-23(16-40)32(41)42(26-8-6-5-7-24(26)34(37,38)39)27-14-33(3,4)15-28(43)31(27)30/h5-13,30H,14-15,17,41H2,1-4H3. The van der Waals surface area contributed by atoms with Gasteiger partial charge in [0.15, 0.2) is 5.78 Å². The van der Waals surface area contributed by atoms with Gasteiger partial charge in [-0.25, -0.2) is 0 Å². The van der Waals surface area contributed by atoms with E-state index in [0.29, 0.717) is 39.1 Å². The number of nitriles is 1. The highest BCUT2D eigenvalue weighted by molar-refractivity contribution is 7.98. The summed E-state index contributed by atoms with van der Waals surface area (Å²) in [4.78, 5) is 16.1. The van der Waals surface area contributed by atoms with Crippen LogP contribution in [0.4, 0.5) is 18.9 Å². The molecule has 1 atom stereocenters. The van der Waals surface area contributed by atoms with Gasteiger partial charge in [-0.1, -0.05) is 61.3 Å². The number of anilines is 1. The molecular formula is C34H30Cl2F3N3OS. The van der Waals surface area contributed by atoms with E-state index in [4.69, 9.17) is 28.9 Å². The minimum absolute atomic E-state index is 0.0391. The minimum atomic E-state index is -4.68. The summed E-state index contributed by atoms with van der Waals surface area (Å²) in [6.07, 6.45) is -4.19. The summed E-state index contributed by atoms with van der Waals surface area (Å²) in [6.45, 7) is 7.70. The van der Waals surface area contributed by atoms with Crippen molar-refractivity contribution in [1.82, 2.24) is 0 Å². The number of hydrogen-bond acceptors (Lipinski definition) is 5. The third-order valence-corrected chi connectivity index (χ3v) is 9.92. The molecule has 4 nitrogen and oxygen atoms in total. The monoisotopic (exact) mass is 655 g/mol. The molecule has 3 aromatic carbocycles. The van der Waals surface area contributed by atoms with E-state index >= 15 is 0 Å². The third kappa shape index (κ3) is 5.98. The molecule has 0 bridgehead atoms. The van der Waals surface area contributed by atoms with Gasteiger partial charge in [0.05, 0.1) is 33.8 Å². The number of aryl methyl sites for hydroxylation is 2. The van der Waals surface area contributed by atoms with Gasteiger partial charge in [0.25, 0.3) is 0 Å². The van der Waals surface area contributed by atoms with Crippen molar-refractivity contribution in [2.45, 2.75) is 63.3 Å². The molecule has 10 heteroatoms. The molecule has 228 valence electrons. The van der Waals surface area contributed by atoms with Crippen molar-refractivity contribution < 1.29 is 18.0 Å². The normalized spacial score (nSPS) is 18.4. The summed E-state index contributed by atoms with van der Waals surface area (Å²) in [5.74, 6) is -0.616. The smallest absolute Gasteiger partial charge is 0.384 e. The van der Waals surface area contributed by atoms with Crippen LogP contribution in [-0.4, -0.2) is 5.78 Å². The van der Waals surface area contributed by atoms with Crippen LogP contribution in [0.5, 0.6) is 0 Å². The topological polar surface area (TPSA) is 70.1 Å². The number of allylic oxidation sites excluding steroid dienone is 3. The Labute approximate surface area is 269 Å². The molecule has 0 radical (unpaired) electrons. The van der Waals surface area contributed by atoms with Crippen molar-refractivity contribution >= 4 is 46.4 Å². The zero-order valence-corrected chi connectivity index (χ0v) is 26.9. The predicted molar refractivity (Wildman–Crippen MR) is 170 cm³/mol. The van der Waals surface area contributed by atoms with Crippen molar-refractivity contribution in [3.63, 3.8) is 0 Å². The van der Waals surface area contributed by atoms with Crippen LogP contribution in [0.15, 0.2) is 82.2 Å². The number of hydrogen-bond donors (Lipinski definition) is 1. The van der Waals surface area contributed by atoms with Crippen LogP contribution in [0.2, 0.25) is 10.0 Å². The van der Waals surface area contributed by atoms with Crippen LogP contribution < -0.4 is 10.6 Å². The summed E-state index contributed by atoms with van der Waals surface area (Å²) in [6, 6.07) is 16.5. The predicted octanol–water partition coefficient (Wildman–Crippen LogP) is 9.86. The summed E-state index contributed by atoms with van der Waals surface area (Å²) in [5.41, 5.74) is 9.30. The average molecular weight is 657 g/mol. The van der Waals surface area contributed by atoms with E-state index in [2.05, 4.69) is 6.07 Å². The van der Waals surface area contributed by atoms with E-state index in [1.54, 1.807) is 18.2 Å². The second-order valence-electron chi connectivity index (χ2n) is 12.0. The number of para-hydroxylation sites is 1. The first-order valence-corrected chi connectivity index (χ1v) is 15.7. The molecular weight excluding hydrogens is 626 g/mol. The third-order valence-electron chi connectivity index (χ3n) is 8.14. The molecule has 5 rings (SSSR count). The summed E-state index contributed by atoms with van der Waals surface area (Å²) in [5, 5.41) is 11.6. The molecule has 0 saturated carbocycles. The zero-order chi connectivity index (χ0) is 32.1. The summed E-state index contributed by atoms with van der Waals surface area (Å²) in [7, 11) is 0. The molecule has 1 unspecified atom stereocenters. The Balaban J connectivity index is 1.70. The van der Waals surface area contributed by atoms with Gasteiger partial charge in [-0.05, 0) is 78.3 Å². The lowest BCUT2D eigenvalue weighted by Crippen LogP contribution is -2.42. The molecule has 0 amide bonds. The number of carbonyl (C=O) groups is 1. The number of rotatable bonds is 5. The highest BCUT2D eigenvalue weighted by Crippen LogP contribution is 2.52. The van der Waals surface area contributed by atoms with Gasteiger partial charge in [-0.2, -0.15) is 18.4 Å². The number of nitrogens with two attached hydrogens (primary N) is 1. The largest absolute Gasteiger partial charge is 0.418 e. The van der Waals surface area contributed by atoms with Crippen LogP contribution in [-0.2, 0) is 16.7 Å². The van der Waals surface area contributed by atoms with Crippen molar-refractivity contribution in [2.75, 3.05) is 4.90 Å². The molecule has 3 aromatic rings. The van der Waals surface area contributed by atoms with Gasteiger partial charge in [0.1, 0.15) is 5.82 Å². The van der Waals surface area contributed by atoms with Crippen molar-refractivity contribution in [1.29, 1.82) is 5.26 Å². The van der Waals surface area contributed by atoms with Crippen LogP contribution in [0.1, 0.15) is 60.4 Å². The quantitative estimate of drug-likeness (QED) is 0.277. The number of alkyl halides is 3. The first-order valence-electron chi connectivity index (χ1n) is 13.9. The lowest BCUT2D eigenvalue weighted by Gasteiger charge is -2.44. The zero-order valence-electron chi connectivity index (χ0n) is 24.6. The number of nitrogens with zero attached hydrogens (tertiary/aromatic N) is 2. The summed E-state index contributed by atoms with van der Waals surface area (Å²) < 4.78 is 42.7. The second-order valence-corrected chi connectivity index (χ2v) is 13.9. The Kier molecular flexibility index (Phi) is 8.62. The number of ketones is 1. The molecule has 0 aromatic heterocycles. The molecule has 0 fully saturated rings. The highest BCUT2D eigenvalue weighted by atomic mass is 35.5. The molecule has 0 spiro atoms. The fourth-order valence-corrected chi connectivity index (χ4v) is 7.69. The van der Waals surface area contributed by atoms with Crippen LogP contribution in [0.3, 0.4) is 0 Å². The number of carbonyl (C=O) groups excluding carboxylic acids is 1. The van der Waals surface area contributed by atoms with E-state index in [9.17, 15) is 23.2 Å². The number of benzene rings is 3. The van der Waals surface area contributed by atoms with Crippen LogP contribution in [0.25, 0.3) is 0 Å². The lowest BCUT2D eigenvalue weighted by molar-refractivity contribution is -0.137. The number of halogens is 5. The molecule has 2 aliphatic rings. The Hall–Kier alpha value is -3.38. The maximum atomic E-state index is 14.2. The highest BCUT2D eigenvalue weighted by Gasteiger charge is 2.46. The Morgan fingerprint density at radius 2 is 1.77 bits per heavy atom. The molecule has 44 heavy (non-hydrogen) atoms. The molecule has 2 N–H and O–H groups in total. The van der Waals surface area contributed by atoms with E-state index in [0.717, 1.165) is 27.7 Å². The Bertz CT molecular complexity index is 1790. The maximum absolute atomic E-state index is 14.2. The fraction of sp³-hybridized carbons (Fsp3) is 0.294. The average Bonchev–Trinajstić information content (AvgIpc) is 2.93. The van der Waals surface area contributed by atoms with Gasteiger partial charge in [-0.3, -0.25) is 9.69 Å². The Morgan fingerprint density at radius 3 is 2.45 bits per heavy atom. The van der Waals surface area contributed by atoms with E-state index in [1.807, 2.05) is 39.8 Å². The second kappa shape index (κ2) is 11.8. The molecule has 1 aliphatic heterocycles. The summed E-state index contributed by atoms with van der Waals surface area (Å²) >= 11 is 14.1. The van der Waals surface area contributed by atoms with Crippen LogP contribution in [0, 0.1) is 30.6 Å². The minimum Gasteiger partial charge on any atom is -0.384 e. The number of thioether (sulfide) groups is 1. The molecule has 1 aliphatic carbocycles. The van der Waals surface area contributed by atoms with Crippen molar-refractivity contribution in [3.05, 3.63) is 115 Å². The van der Waals surface area contributed by atoms with Gasteiger partial charge < -0.3 is 5.73 Å². The van der Waals surface area contributed by atoms with Crippen molar-refractivity contribution in [3.8, 4) is 6.07 Å². The molecule has 1 heterocycles. The lowest BCUT2D eigenvalue weighted by atomic mass is 9.68. The van der Waals surface area contributed by atoms with Gasteiger partial charge in [0, 0.05) is 33.4 Å². The van der Waals surface area contributed by atoms with Crippen LogP contribution >= 0.6 is 35.0 Å². The Morgan fingerprint density at radius 1 is 1.07 bits per heavy atom. The fourth-order valence-electron chi connectivity index (χ4n) is 6.13. The van der Waals surface area contributed by atoms with Crippen molar-refractivity contribution in [2.24, 2.45) is 11.1 Å². The SMILES string of the molecule is Cc1cc(C)c(C2C(C#N)=C(N)N(c3ccccc3C(F)(F)F)C3=C2C(=O)CC(C)(C)C3)cc1CSc1cc(Cl)ccc1Cl. The van der Waals surface area contributed by atoms with E-state index < -0.39 is 23.1 Å². The van der Waals surface area contributed by atoms with E-state index in [-0.39, 0.29) is 29.3 Å². The first-order chi connectivity index (χ1) is 20.6. The first kappa shape index (κ1) is 32.0. The van der Waals surface area contributed by atoms with Gasteiger partial charge in [-0.15, -0.1) is 11.8 Å². The van der Waals surface area contributed by atoms with E-state index in [1.165, 1.54) is 34.9 Å². The number of Topliss-reactive ketones (excluding diaryl/α,β-unsaturated/α-hetero) is 1. The maximum Gasteiger partial charge on any atom is 0.418 e. The molecule has 0 saturated heterocycles. The van der Waals surface area contributed by atoms with Gasteiger partial charge >= 0.3 is 6.18 Å².